The Kier molecular flexibility index (Phi) is 6.88. The molecule has 2 atom stereocenters. The first-order valence-electron chi connectivity index (χ1n) is 9.80. The monoisotopic (exact) mass is 396 g/mol. The third-order valence-electron chi connectivity index (χ3n) is 5.45. The number of nitrogens with zero attached hydrogens (tertiary/aromatic N) is 1. The van der Waals surface area contributed by atoms with Crippen LogP contribution in [0.2, 0.25) is 0 Å². The summed E-state index contributed by atoms with van der Waals surface area (Å²) < 4.78 is 10.3. The first kappa shape index (κ1) is 20.9. The maximum Gasteiger partial charge on any atom is 0.254 e. The Balaban J connectivity index is 1.84. The van der Waals surface area contributed by atoms with Gasteiger partial charge in [0.2, 0.25) is 5.91 Å². The van der Waals surface area contributed by atoms with E-state index in [4.69, 9.17) is 9.47 Å². The van der Waals surface area contributed by atoms with E-state index in [1.807, 2.05) is 31.2 Å². The Hall–Kier alpha value is -2.86. The molecule has 29 heavy (non-hydrogen) atoms. The number of likely N-dealkylation sites (tertiary alicyclic amines) is 1. The molecule has 0 bridgehead atoms. The van der Waals surface area contributed by atoms with Crippen molar-refractivity contribution in [3.63, 3.8) is 0 Å². The molecule has 1 saturated heterocycles. The highest BCUT2D eigenvalue weighted by atomic mass is 16.5. The molecule has 6 heteroatoms. The molecule has 2 aromatic rings. The molecule has 1 aliphatic rings. The standard InChI is InChI=1S/C23H28N2O4/c1-16-7-4-5-10-19(16)20-14-25(15-21(20)22(26)24-11-12-28-2)23(27)17-8-6-9-18(13-17)29-3/h4-10,13,20-21H,11-12,14-15H2,1-3H3,(H,24,26)/t20-,21-/m1/s1. The van der Waals surface area contributed by atoms with E-state index in [2.05, 4.69) is 11.4 Å². The third-order valence-corrected chi connectivity index (χ3v) is 5.45. The largest absolute Gasteiger partial charge is 0.497 e. The zero-order valence-electron chi connectivity index (χ0n) is 17.2. The van der Waals surface area contributed by atoms with Gasteiger partial charge in [-0.1, -0.05) is 30.3 Å². The summed E-state index contributed by atoms with van der Waals surface area (Å²) in [4.78, 5) is 27.8. The summed E-state index contributed by atoms with van der Waals surface area (Å²) in [5.41, 5.74) is 2.80. The van der Waals surface area contributed by atoms with Crippen LogP contribution >= 0.6 is 0 Å². The minimum Gasteiger partial charge on any atom is -0.497 e. The normalized spacial score (nSPS) is 18.5. The summed E-state index contributed by atoms with van der Waals surface area (Å²) in [6.45, 7) is 3.84. The van der Waals surface area contributed by atoms with Gasteiger partial charge < -0.3 is 19.7 Å². The van der Waals surface area contributed by atoms with Gasteiger partial charge in [-0.05, 0) is 36.2 Å². The van der Waals surface area contributed by atoms with E-state index in [0.29, 0.717) is 37.6 Å². The van der Waals surface area contributed by atoms with Crippen LogP contribution in [0, 0.1) is 12.8 Å². The van der Waals surface area contributed by atoms with Gasteiger partial charge in [0.05, 0.1) is 19.6 Å². The number of rotatable bonds is 7. The zero-order chi connectivity index (χ0) is 20.8. The number of hydrogen-bond donors (Lipinski definition) is 1. The van der Waals surface area contributed by atoms with E-state index >= 15 is 0 Å². The number of amides is 2. The lowest BCUT2D eigenvalue weighted by atomic mass is 9.86. The van der Waals surface area contributed by atoms with Gasteiger partial charge in [-0.2, -0.15) is 0 Å². The lowest BCUT2D eigenvalue weighted by molar-refractivity contribution is -0.125. The fraction of sp³-hybridized carbons (Fsp3) is 0.391. The predicted octanol–water partition coefficient (Wildman–Crippen LogP) is 2.62. The van der Waals surface area contributed by atoms with Gasteiger partial charge in [-0.25, -0.2) is 0 Å². The van der Waals surface area contributed by atoms with Crippen LogP contribution in [0.3, 0.4) is 0 Å². The molecule has 0 radical (unpaired) electrons. The molecule has 2 aromatic carbocycles. The number of nitrogens with one attached hydrogen (secondary N) is 1. The van der Waals surface area contributed by atoms with Gasteiger partial charge in [0, 0.05) is 38.2 Å². The van der Waals surface area contributed by atoms with Crippen molar-refractivity contribution in [3.05, 3.63) is 65.2 Å². The van der Waals surface area contributed by atoms with E-state index in [9.17, 15) is 9.59 Å². The van der Waals surface area contributed by atoms with E-state index in [-0.39, 0.29) is 23.7 Å². The summed E-state index contributed by atoms with van der Waals surface area (Å²) in [7, 11) is 3.18. The molecule has 0 aromatic heterocycles. The average molecular weight is 396 g/mol. The highest BCUT2D eigenvalue weighted by molar-refractivity contribution is 5.95. The van der Waals surface area contributed by atoms with Crippen LogP contribution in [0.4, 0.5) is 0 Å². The maximum atomic E-state index is 13.1. The van der Waals surface area contributed by atoms with Gasteiger partial charge in [-0.15, -0.1) is 0 Å². The summed E-state index contributed by atoms with van der Waals surface area (Å²) >= 11 is 0. The molecular weight excluding hydrogens is 368 g/mol. The minimum atomic E-state index is -0.303. The van der Waals surface area contributed by atoms with Crippen LogP contribution < -0.4 is 10.1 Å². The van der Waals surface area contributed by atoms with E-state index in [1.165, 1.54) is 0 Å². The first-order valence-corrected chi connectivity index (χ1v) is 9.80. The second-order valence-electron chi connectivity index (χ2n) is 7.30. The van der Waals surface area contributed by atoms with Crippen LogP contribution in [0.15, 0.2) is 48.5 Å². The van der Waals surface area contributed by atoms with Gasteiger partial charge in [0.25, 0.3) is 5.91 Å². The van der Waals surface area contributed by atoms with Crippen molar-refractivity contribution in [3.8, 4) is 5.75 Å². The number of carbonyl (C=O) groups is 2. The molecular formula is C23H28N2O4. The summed E-state index contributed by atoms with van der Waals surface area (Å²) in [6.07, 6.45) is 0. The lowest BCUT2D eigenvalue weighted by Crippen LogP contribution is -2.37. The lowest BCUT2D eigenvalue weighted by Gasteiger charge is -2.19. The van der Waals surface area contributed by atoms with Gasteiger partial charge in [-0.3, -0.25) is 9.59 Å². The molecule has 3 rings (SSSR count). The Morgan fingerprint density at radius 1 is 1.10 bits per heavy atom. The highest BCUT2D eigenvalue weighted by Gasteiger charge is 2.41. The number of aryl methyl sites for hydroxylation is 1. The molecule has 1 aliphatic heterocycles. The number of hydrogen-bond acceptors (Lipinski definition) is 4. The van der Waals surface area contributed by atoms with Crippen LogP contribution in [-0.4, -0.2) is 57.2 Å². The highest BCUT2D eigenvalue weighted by Crippen LogP contribution is 2.35. The molecule has 0 aliphatic carbocycles. The van der Waals surface area contributed by atoms with Crippen LogP contribution in [0.1, 0.15) is 27.4 Å². The molecule has 154 valence electrons. The molecule has 0 unspecified atom stereocenters. The fourth-order valence-electron chi connectivity index (χ4n) is 3.90. The maximum absolute atomic E-state index is 13.1. The van der Waals surface area contributed by atoms with Crippen molar-refractivity contribution in [1.29, 1.82) is 0 Å². The Labute approximate surface area is 171 Å². The summed E-state index contributed by atoms with van der Waals surface area (Å²) in [5, 5.41) is 2.94. The topological polar surface area (TPSA) is 67.9 Å². The summed E-state index contributed by atoms with van der Waals surface area (Å²) in [6, 6.07) is 15.2. The van der Waals surface area contributed by atoms with Crippen molar-refractivity contribution in [2.24, 2.45) is 5.92 Å². The average Bonchev–Trinajstić information content (AvgIpc) is 3.19. The van der Waals surface area contributed by atoms with Crippen LogP contribution in [-0.2, 0) is 9.53 Å². The minimum absolute atomic E-state index is 0.0451. The fourth-order valence-corrected chi connectivity index (χ4v) is 3.90. The van der Waals surface area contributed by atoms with E-state index < -0.39 is 0 Å². The number of ether oxygens (including phenoxy) is 2. The molecule has 0 spiro atoms. The first-order chi connectivity index (χ1) is 14.0. The van der Waals surface area contributed by atoms with Crippen molar-refractivity contribution >= 4 is 11.8 Å². The van der Waals surface area contributed by atoms with E-state index in [0.717, 1.165) is 11.1 Å². The van der Waals surface area contributed by atoms with Crippen LogP contribution in [0.5, 0.6) is 5.75 Å². The third kappa shape index (κ3) is 4.77. The number of benzene rings is 2. The van der Waals surface area contributed by atoms with Gasteiger partial charge in [0.1, 0.15) is 5.75 Å². The molecule has 1 N–H and O–H groups in total. The zero-order valence-corrected chi connectivity index (χ0v) is 17.2. The molecule has 6 nitrogen and oxygen atoms in total. The van der Waals surface area contributed by atoms with Crippen molar-refractivity contribution in [1.82, 2.24) is 10.2 Å². The van der Waals surface area contributed by atoms with Crippen molar-refractivity contribution < 1.29 is 19.1 Å². The van der Waals surface area contributed by atoms with Crippen molar-refractivity contribution in [2.75, 3.05) is 40.5 Å². The SMILES string of the molecule is COCCNC(=O)[C@@H]1CN(C(=O)c2cccc(OC)c2)C[C@@H]1c1ccccc1C. The quantitative estimate of drug-likeness (QED) is 0.731. The molecule has 1 fully saturated rings. The number of methoxy groups -OCH3 is 2. The second-order valence-corrected chi connectivity index (χ2v) is 7.30. The molecule has 1 heterocycles. The molecule has 2 amide bonds. The second kappa shape index (κ2) is 9.56. The van der Waals surface area contributed by atoms with Gasteiger partial charge in [0.15, 0.2) is 0 Å². The van der Waals surface area contributed by atoms with E-state index in [1.54, 1.807) is 37.3 Å². The Bertz CT molecular complexity index is 867. The van der Waals surface area contributed by atoms with Crippen molar-refractivity contribution in [2.45, 2.75) is 12.8 Å². The van der Waals surface area contributed by atoms with Gasteiger partial charge >= 0.3 is 0 Å². The number of carbonyl (C=O) groups excluding carboxylic acids is 2. The summed E-state index contributed by atoms with van der Waals surface area (Å²) in [5.74, 6) is 0.154. The smallest absolute Gasteiger partial charge is 0.254 e. The Morgan fingerprint density at radius 3 is 2.62 bits per heavy atom. The Morgan fingerprint density at radius 2 is 1.90 bits per heavy atom. The predicted molar refractivity (Wildman–Crippen MR) is 111 cm³/mol. The molecule has 0 saturated carbocycles. The van der Waals surface area contributed by atoms with Crippen LogP contribution in [0.25, 0.3) is 0 Å².